The van der Waals surface area contributed by atoms with Gasteiger partial charge in [0.2, 0.25) is 0 Å². The molecule has 1 aromatic heterocycles. The number of nitrogens with one attached hydrogen (secondary N) is 1. The number of aromatic nitrogens is 2. The summed E-state index contributed by atoms with van der Waals surface area (Å²) in [5.41, 5.74) is 2.76. The lowest BCUT2D eigenvalue weighted by Gasteiger charge is -2.07. The molecule has 102 valence electrons. The van der Waals surface area contributed by atoms with E-state index in [1.807, 2.05) is 31.3 Å². The zero-order chi connectivity index (χ0) is 13.8. The Morgan fingerprint density at radius 3 is 2.79 bits per heavy atom. The third-order valence-electron chi connectivity index (χ3n) is 2.85. The summed E-state index contributed by atoms with van der Waals surface area (Å²) in [6.07, 6.45) is 3.01. The van der Waals surface area contributed by atoms with E-state index in [1.54, 1.807) is 4.68 Å². The molecule has 1 aromatic carbocycles. The van der Waals surface area contributed by atoms with Gasteiger partial charge >= 0.3 is 0 Å². The third-order valence-corrected chi connectivity index (χ3v) is 3.56. The van der Waals surface area contributed by atoms with Gasteiger partial charge in [0.05, 0.1) is 16.4 Å². The minimum Gasteiger partial charge on any atom is -0.311 e. The maximum Gasteiger partial charge on any atom is 0.0846 e. The van der Waals surface area contributed by atoms with Crippen molar-refractivity contribution < 1.29 is 0 Å². The Morgan fingerprint density at radius 1 is 1.26 bits per heavy atom. The van der Waals surface area contributed by atoms with Crippen LogP contribution in [0.15, 0.2) is 24.4 Å². The summed E-state index contributed by atoms with van der Waals surface area (Å²) >= 11 is 12.4. The summed E-state index contributed by atoms with van der Waals surface area (Å²) in [6.45, 7) is 5.82. The number of aryl methyl sites for hydroxylation is 1. The molecule has 0 fully saturated rings. The van der Waals surface area contributed by atoms with Gasteiger partial charge in [-0.05, 0) is 43.7 Å². The molecule has 1 N–H and O–H groups in total. The minimum absolute atomic E-state index is 0.651. The van der Waals surface area contributed by atoms with Gasteiger partial charge in [-0.1, -0.05) is 30.1 Å². The van der Waals surface area contributed by atoms with Gasteiger partial charge in [0, 0.05) is 17.8 Å². The quantitative estimate of drug-likeness (QED) is 0.846. The van der Waals surface area contributed by atoms with Crippen LogP contribution >= 0.6 is 23.2 Å². The monoisotopic (exact) mass is 297 g/mol. The summed E-state index contributed by atoms with van der Waals surface area (Å²) in [5, 5.41) is 9.16. The Hall–Kier alpha value is -1.03. The fourth-order valence-electron chi connectivity index (χ4n) is 1.79. The Balaban J connectivity index is 2.20. The molecule has 0 saturated heterocycles. The minimum atomic E-state index is 0.651. The Morgan fingerprint density at radius 2 is 2.05 bits per heavy atom. The van der Waals surface area contributed by atoms with Crippen LogP contribution in [0, 0.1) is 6.92 Å². The van der Waals surface area contributed by atoms with Gasteiger partial charge in [-0.15, -0.1) is 0 Å². The zero-order valence-electron chi connectivity index (χ0n) is 11.1. The lowest BCUT2D eigenvalue weighted by atomic mass is 10.2. The van der Waals surface area contributed by atoms with Crippen LogP contribution in [0.25, 0.3) is 5.69 Å². The first-order chi connectivity index (χ1) is 9.11. The summed E-state index contributed by atoms with van der Waals surface area (Å²) in [4.78, 5) is 0. The van der Waals surface area contributed by atoms with Gasteiger partial charge < -0.3 is 5.32 Å². The van der Waals surface area contributed by atoms with E-state index in [1.165, 1.54) is 0 Å². The van der Waals surface area contributed by atoms with Crippen molar-refractivity contribution in [3.63, 3.8) is 0 Å². The van der Waals surface area contributed by atoms with Gasteiger partial charge in [0.1, 0.15) is 0 Å². The molecule has 5 heteroatoms. The molecule has 2 aromatic rings. The number of rotatable bonds is 5. The molecule has 0 unspecified atom stereocenters. The van der Waals surface area contributed by atoms with Crippen molar-refractivity contribution >= 4 is 23.2 Å². The molecule has 0 amide bonds. The van der Waals surface area contributed by atoms with Crippen LogP contribution in [0.1, 0.15) is 24.6 Å². The number of halogens is 2. The maximum atomic E-state index is 6.24. The molecule has 0 aliphatic rings. The highest BCUT2D eigenvalue weighted by molar-refractivity contribution is 6.35. The van der Waals surface area contributed by atoms with Crippen LogP contribution in [0.3, 0.4) is 0 Å². The first kappa shape index (κ1) is 14.4. The van der Waals surface area contributed by atoms with Crippen LogP contribution in [-0.2, 0) is 6.54 Å². The van der Waals surface area contributed by atoms with Gasteiger partial charge in [-0.2, -0.15) is 5.10 Å². The largest absolute Gasteiger partial charge is 0.311 e. The summed E-state index contributed by atoms with van der Waals surface area (Å²) in [7, 11) is 0. The lowest BCUT2D eigenvalue weighted by Crippen LogP contribution is -2.14. The molecule has 2 rings (SSSR count). The second-order valence-corrected chi connectivity index (χ2v) is 5.30. The molecule has 0 aliphatic heterocycles. The van der Waals surface area contributed by atoms with Gasteiger partial charge in [0.25, 0.3) is 0 Å². The molecule has 0 aliphatic carbocycles. The van der Waals surface area contributed by atoms with E-state index in [2.05, 4.69) is 17.3 Å². The molecule has 3 nitrogen and oxygen atoms in total. The summed E-state index contributed by atoms with van der Waals surface area (Å²) < 4.78 is 1.76. The van der Waals surface area contributed by atoms with Crippen LogP contribution in [0.4, 0.5) is 0 Å². The highest BCUT2D eigenvalue weighted by Crippen LogP contribution is 2.27. The van der Waals surface area contributed by atoms with Crippen molar-refractivity contribution in [3.05, 3.63) is 45.7 Å². The topological polar surface area (TPSA) is 29.9 Å². The molecule has 0 radical (unpaired) electrons. The molecule has 1 heterocycles. The van der Waals surface area contributed by atoms with Crippen molar-refractivity contribution in [2.75, 3.05) is 6.54 Å². The molecular formula is C14H17Cl2N3. The van der Waals surface area contributed by atoms with Crippen molar-refractivity contribution in [1.82, 2.24) is 15.1 Å². The first-order valence-electron chi connectivity index (χ1n) is 6.33. The van der Waals surface area contributed by atoms with Crippen molar-refractivity contribution in [1.29, 1.82) is 0 Å². The normalized spacial score (nSPS) is 10.9. The molecule has 0 spiro atoms. The number of benzene rings is 1. The van der Waals surface area contributed by atoms with Crippen LogP contribution in [-0.4, -0.2) is 16.3 Å². The van der Waals surface area contributed by atoms with Crippen molar-refractivity contribution in [3.8, 4) is 5.69 Å². The van der Waals surface area contributed by atoms with E-state index < -0.39 is 0 Å². The van der Waals surface area contributed by atoms with E-state index in [4.69, 9.17) is 23.2 Å². The van der Waals surface area contributed by atoms with E-state index >= 15 is 0 Å². The first-order valence-corrected chi connectivity index (χ1v) is 7.08. The number of hydrogen-bond donors (Lipinski definition) is 1. The Labute approximate surface area is 123 Å². The number of hydrogen-bond acceptors (Lipinski definition) is 2. The molecule has 0 bridgehead atoms. The van der Waals surface area contributed by atoms with Gasteiger partial charge in [-0.25, -0.2) is 4.68 Å². The second-order valence-electron chi connectivity index (χ2n) is 4.48. The van der Waals surface area contributed by atoms with Crippen molar-refractivity contribution in [2.24, 2.45) is 0 Å². The molecule has 19 heavy (non-hydrogen) atoms. The molecular weight excluding hydrogens is 281 g/mol. The fourth-order valence-corrected chi connectivity index (χ4v) is 2.26. The van der Waals surface area contributed by atoms with Crippen molar-refractivity contribution in [2.45, 2.75) is 26.8 Å². The van der Waals surface area contributed by atoms with Crippen LogP contribution in [0.2, 0.25) is 10.0 Å². The standard InChI is InChI=1S/C14H17Cl2N3/c1-3-5-17-9-11-4-6-19(18-11)14-8-12(15)10(2)7-13(14)16/h4,6-8,17H,3,5,9H2,1-2H3. The maximum absolute atomic E-state index is 6.24. The molecule has 0 saturated carbocycles. The fraction of sp³-hybridized carbons (Fsp3) is 0.357. The van der Waals surface area contributed by atoms with E-state index in [0.29, 0.717) is 10.0 Å². The van der Waals surface area contributed by atoms with Gasteiger partial charge in [0.15, 0.2) is 0 Å². The Bertz CT molecular complexity index is 564. The van der Waals surface area contributed by atoms with Crippen LogP contribution in [0.5, 0.6) is 0 Å². The predicted octanol–water partition coefficient (Wildman–Crippen LogP) is 3.99. The lowest BCUT2D eigenvalue weighted by molar-refractivity contribution is 0.656. The SMILES string of the molecule is CCCNCc1ccn(-c2cc(Cl)c(C)cc2Cl)n1. The van der Waals surface area contributed by atoms with Crippen LogP contribution < -0.4 is 5.32 Å². The van der Waals surface area contributed by atoms with Gasteiger partial charge in [-0.3, -0.25) is 0 Å². The van der Waals surface area contributed by atoms with E-state index in [9.17, 15) is 0 Å². The summed E-state index contributed by atoms with van der Waals surface area (Å²) in [6, 6.07) is 5.68. The number of nitrogens with zero attached hydrogens (tertiary/aromatic N) is 2. The smallest absolute Gasteiger partial charge is 0.0846 e. The summed E-state index contributed by atoms with van der Waals surface area (Å²) in [5.74, 6) is 0. The second kappa shape index (κ2) is 6.42. The predicted molar refractivity (Wildman–Crippen MR) is 80.3 cm³/mol. The van der Waals surface area contributed by atoms with E-state index in [0.717, 1.165) is 36.5 Å². The average Bonchev–Trinajstić information content (AvgIpc) is 2.83. The third kappa shape index (κ3) is 3.50. The highest BCUT2D eigenvalue weighted by Gasteiger charge is 2.08. The average molecular weight is 298 g/mol. The zero-order valence-corrected chi connectivity index (χ0v) is 12.6. The Kier molecular flexibility index (Phi) is 4.86. The highest BCUT2D eigenvalue weighted by atomic mass is 35.5. The van der Waals surface area contributed by atoms with E-state index in [-0.39, 0.29) is 0 Å². The molecule has 0 atom stereocenters.